The number of anilines is 1. The molecule has 0 spiro atoms. The predicted octanol–water partition coefficient (Wildman–Crippen LogP) is 3.33. The van der Waals surface area contributed by atoms with Crippen LogP contribution in [-0.4, -0.2) is 30.7 Å². The quantitative estimate of drug-likeness (QED) is 0.815. The average molecular weight is 397 g/mol. The van der Waals surface area contributed by atoms with Gasteiger partial charge in [0.25, 0.3) is 0 Å². The number of halogens is 3. The number of benzene rings is 2. The minimum atomic E-state index is -1.00. The molecule has 1 aliphatic heterocycles. The number of amides is 1. The van der Waals surface area contributed by atoms with Crippen molar-refractivity contribution < 1.29 is 18.7 Å². The number of carbonyl (C=O) groups excluding carboxylic acids is 1. The van der Waals surface area contributed by atoms with E-state index in [1.54, 1.807) is 33.0 Å². The summed E-state index contributed by atoms with van der Waals surface area (Å²) in [6, 6.07) is 9.14. The standard InChI is InChI=1S/C20H22F2N2O2.ClH/c1-20(2)15-8-7-14(22)10-16(15)24(19(20)26)18(17(25)11-23-3)12-5-4-6-13(21)9-12;/h4-10,17-18,23,25H,11H2,1-3H3;1H/t17-,18-;/m0./s1. The third-order valence-corrected chi connectivity index (χ3v) is 4.89. The zero-order valence-electron chi connectivity index (χ0n) is 15.4. The molecular weight excluding hydrogens is 374 g/mol. The maximum absolute atomic E-state index is 13.9. The number of hydrogen-bond donors (Lipinski definition) is 2. The van der Waals surface area contributed by atoms with Gasteiger partial charge in [0.05, 0.1) is 23.2 Å². The summed E-state index contributed by atoms with van der Waals surface area (Å²) < 4.78 is 27.7. The van der Waals surface area contributed by atoms with Crippen molar-refractivity contribution in [2.24, 2.45) is 0 Å². The Balaban J connectivity index is 0.00000261. The Morgan fingerprint density at radius 2 is 1.81 bits per heavy atom. The number of nitrogens with one attached hydrogen (secondary N) is 1. The zero-order chi connectivity index (χ0) is 19.1. The lowest BCUT2D eigenvalue weighted by molar-refractivity contribution is -0.123. The van der Waals surface area contributed by atoms with Crippen molar-refractivity contribution in [2.45, 2.75) is 31.4 Å². The van der Waals surface area contributed by atoms with Gasteiger partial charge in [0.2, 0.25) is 5.91 Å². The average Bonchev–Trinajstić information content (AvgIpc) is 2.76. The van der Waals surface area contributed by atoms with Gasteiger partial charge in [-0.15, -0.1) is 12.4 Å². The monoisotopic (exact) mass is 396 g/mol. The second-order valence-corrected chi connectivity index (χ2v) is 7.09. The second kappa shape index (κ2) is 7.92. The summed E-state index contributed by atoms with van der Waals surface area (Å²) in [6.45, 7) is 3.72. The lowest BCUT2D eigenvalue weighted by atomic mass is 9.86. The summed E-state index contributed by atoms with van der Waals surface area (Å²) >= 11 is 0. The van der Waals surface area contributed by atoms with E-state index in [0.717, 1.165) is 0 Å². The van der Waals surface area contributed by atoms with E-state index >= 15 is 0 Å². The van der Waals surface area contributed by atoms with Crippen LogP contribution in [0.5, 0.6) is 0 Å². The van der Waals surface area contributed by atoms with Crippen molar-refractivity contribution in [1.82, 2.24) is 5.32 Å². The smallest absolute Gasteiger partial charge is 0.237 e. The molecule has 0 aromatic heterocycles. The largest absolute Gasteiger partial charge is 0.389 e. The maximum atomic E-state index is 13.9. The number of likely N-dealkylation sites (N-methyl/N-ethyl adjacent to an activating group) is 1. The Morgan fingerprint density at radius 3 is 2.44 bits per heavy atom. The molecule has 0 bridgehead atoms. The van der Waals surface area contributed by atoms with Crippen LogP contribution < -0.4 is 10.2 Å². The van der Waals surface area contributed by atoms with Crippen molar-refractivity contribution in [3.8, 4) is 0 Å². The number of rotatable bonds is 5. The van der Waals surface area contributed by atoms with E-state index in [9.17, 15) is 18.7 Å². The van der Waals surface area contributed by atoms with E-state index < -0.39 is 29.2 Å². The van der Waals surface area contributed by atoms with Gasteiger partial charge < -0.3 is 15.3 Å². The van der Waals surface area contributed by atoms with Crippen molar-refractivity contribution in [3.05, 3.63) is 65.2 Å². The Hall–Kier alpha value is -2.02. The summed E-state index contributed by atoms with van der Waals surface area (Å²) in [6.07, 6.45) is -1.00. The molecule has 0 radical (unpaired) electrons. The molecule has 146 valence electrons. The molecule has 2 aromatic rings. The molecule has 3 rings (SSSR count). The van der Waals surface area contributed by atoms with E-state index in [1.165, 1.54) is 35.2 Å². The van der Waals surface area contributed by atoms with Gasteiger partial charge in [-0.1, -0.05) is 18.2 Å². The number of aliphatic hydroxyl groups excluding tert-OH is 1. The summed E-state index contributed by atoms with van der Waals surface area (Å²) in [5, 5.41) is 13.6. The Kier molecular flexibility index (Phi) is 6.24. The van der Waals surface area contributed by atoms with E-state index in [2.05, 4.69) is 5.32 Å². The summed E-state index contributed by atoms with van der Waals surface area (Å²) in [4.78, 5) is 14.6. The molecule has 0 unspecified atom stereocenters. The molecule has 0 aliphatic carbocycles. The Bertz CT molecular complexity index is 844. The molecule has 1 heterocycles. The van der Waals surface area contributed by atoms with Crippen LogP contribution in [0.25, 0.3) is 0 Å². The van der Waals surface area contributed by atoms with Gasteiger partial charge in [-0.25, -0.2) is 8.78 Å². The fraction of sp³-hybridized carbons (Fsp3) is 0.350. The van der Waals surface area contributed by atoms with Gasteiger partial charge in [-0.2, -0.15) is 0 Å². The summed E-state index contributed by atoms with van der Waals surface area (Å²) in [5.74, 6) is -1.20. The molecule has 1 amide bonds. The molecule has 2 aromatic carbocycles. The molecule has 4 nitrogen and oxygen atoms in total. The number of nitrogens with zero attached hydrogens (tertiary/aromatic N) is 1. The highest BCUT2D eigenvalue weighted by Gasteiger charge is 2.48. The first-order chi connectivity index (χ1) is 12.3. The number of aliphatic hydroxyl groups is 1. The van der Waals surface area contributed by atoms with E-state index in [0.29, 0.717) is 16.8 Å². The number of hydrogen-bond acceptors (Lipinski definition) is 3. The number of fused-ring (bicyclic) bond motifs is 1. The lowest BCUT2D eigenvalue weighted by Crippen LogP contribution is -2.45. The van der Waals surface area contributed by atoms with Crippen molar-refractivity contribution in [3.63, 3.8) is 0 Å². The van der Waals surface area contributed by atoms with Gasteiger partial charge >= 0.3 is 0 Å². The van der Waals surface area contributed by atoms with Crippen LogP contribution >= 0.6 is 12.4 Å². The minimum absolute atomic E-state index is 0. The van der Waals surface area contributed by atoms with Gasteiger partial charge in [-0.05, 0) is 56.3 Å². The van der Waals surface area contributed by atoms with Crippen LogP contribution in [0.1, 0.15) is 31.0 Å². The molecule has 0 saturated carbocycles. The first-order valence-electron chi connectivity index (χ1n) is 8.49. The first kappa shape index (κ1) is 21.3. The Morgan fingerprint density at radius 1 is 1.15 bits per heavy atom. The molecule has 27 heavy (non-hydrogen) atoms. The summed E-state index contributed by atoms with van der Waals surface area (Å²) in [7, 11) is 1.68. The third-order valence-electron chi connectivity index (χ3n) is 4.89. The molecule has 0 saturated heterocycles. The van der Waals surface area contributed by atoms with Gasteiger partial charge in [0.1, 0.15) is 11.6 Å². The van der Waals surface area contributed by atoms with Gasteiger partial charge in [0.15, 0.2) is 0 Å². The second-order valence-electron chi connectivity index (χ2n) is 7.09. The molecule has 2 atom stereocenters. The molecule has 7 heteroatoms. The topological polar surface area (TPSA) is 52.6 Å². The fourth-order valence-electron chi connectivity index (χ4n) is 3.59. The van der Waals surface area contributed by atoms with Crippen LogP contribution in [0.2, 0.25) is 0 Å². The number of carbonyl (C=O) groups is 1. The molecule has 2 N–H and O–H groups in total. The molecule has 1 aliphatic rings. The fourth-order valence-corrected chi connectivity index (χ4v) is 3.59. The van der Waals surface area contributed by atoms with E-state index in [4.69, 9.17) is 0 Å². The highest BCUT2D eigenvalue weighted by atomic mass is 35.5. The highest BCUT2D eigenvalue weighted by Crippen LogP contribution is 2.46. The first-order valence-corrected chi connectivity index (χ1v) is 8.49. The normalized spacial score (nSPS) is 17.3. The molecular formula is C20H23ClF2N2O2. The van der Waals surface area contributed by atoms with Crippen LogP contribution in [-0.2, 0) is 10.2 Å². The zero-order valence-corrected chi connectivity index (χ0v) is 16.2. The van der Waals surface area contributed by atoms with Crippen molar-refractivity contribution in [1.29, 1.82) is 0 Å². The summed E-state index contributed by atoms with van der Waals surface area (Å²) in [5.41, 5.74) is 0.675. The maximum Gasteiger partial charge on any atom is 0.237 e. The highest BCUT2D eigenvalue weighted by molar-refractivity contribution is 6.08. The van der Waals surface area contributed by atoms with Crippen molar-refractivity contribution in [2.75, 3.05) is 18.5 Å². The van der Waals surface area contributed by atoms with Crippen molar-refractivity contribution >= 4 is 24.0 Å². The lowest BCUT2D eigenvalue weighted by Gasteiger charge is -2.33. The van der Waals surface area contributed by atoms with Gasteiger partial charge in [-0.3, -0.25) is 4.79 Å². The van der Waals surface area contributed by atoms with Crippen LogP contribution in [0.4, 0.5) is 14.5 Å². The SMILES string of the molecule is CNC[C@H](O)[C@H](c1cccc(F)c1)N1C(=O)C(C)(C)c2ccc(F)cc21.Cl. The van der Waals surface area contributed by atoms with Crippen LogP contribution in [0.3, 0.4) is 0 Å². The third kappa shape index (κ3) is 3.70. The van der Waals surface area contributed by atoms with Crippen LogP contribution in [0.15, 0.2) is 42.5 Å². The minimum Gasteiger partial charge on any atom is -0.389 e. The molecule has 0 fully saturated rings. The Labute approximate surface area is 163 Å². The van der Waals surface area contributed by atoms with E-state index in [-0.39, 0.29) is 24.9 Å². The predicted molar refractivity (Wildman–Crippen MR) is 103 cm³/mol. The van der Waals surface area contributed by atoms with Gasteiger partial charge in [0, 0.05) is 6.54 Å². The van der Waals surface area contributed by atoms with E-state index in [1.807, 2.05) is 0 Å². The van der Waals surface area contributed by atoms with Crippen LogP contribution in [0, 0.1) is 11.6 Å².